The minimum Gasteiger partial charge on any atom is -0.484 e. The zero-order valence-electron chi connectivity index (χ0n) is 15.9. The van der Waals surface area contributed by atoms with Crippen LogP contribution in [0.15, 0.2) is 59.0 Å². The molecule has 0 spiro atoms. The quantitative estimate of drug-likeness (QED) is 0.671. The Labute approximate surface area is 164 Å². The third kappa shape index (κ3) is 4.22. The Morgan fingerprint density at radius 2 is 1.61 bits per heavy atom. The van der Waals surface area contributed by atoms with Crippen molar-refractivity contribution in [1.29, 1.82) is 0 Å². The van der Waals surface area contributed by atoms with E-state index in [0.29, 0.717) is 23.4 Å². The Balaban J connectivity index is 1.35. The fraction of sp³-hybridized carbons (Fsp3) is 0.318. The molecule has 6 nitrogen and oxygen atoms in total. The molecule has 2 aromatic carbocycles. The molecule has 1 aliphatic rings. The number of likely N-dealkylation sites (tertiary alicyclic amines) is 1. The maximum atomic E-state index is 12.3. The lowest BCUT2D eigenvalue weighted by Gasteiger charge is -2.30. The highest BCUT2D eigenvalue weighted by atomic mass is 16.5. The number of nitrogens with zero attached hydrogens (tertiary/aromatic N) is 3. The van der Waals surface area contributed by atoms with Crippen LogP contribution < -0.4 is 4.74 Å². The van der Waals surface area contributed by atoms with Crippen LogP contribution in [0.5, 0.6) is 5.75 Å². The Hall–Kier alpha value is -3.15. The molecule has 144 valence electrons. The third-order valence-electron chi connectivity index (χ3n) is 5.05. The molecular weight excluding hydrogens is 354 g/mol. The van der Waals surface area contributed by atoms with E-state index >= 15 is 0 Å². The van der Waals surface area contributed by atoms with Crippen molar-refractivity contribution in [2.24, 2.45) is 5.92 Å². The molecule has 0 radical (unpaired) electrons. The lowest BCUT2D eigenvalue weighted by Crippen LogP contribution is -2.40. The summed E-state index contributed by atoms with van der Waals surface area (Å²) in [7, 11) is 0. The van der Waals surface area contributed by atoms with Gasteiger partial charge in [0.05, 0.1) is 0 Å². The molecule has 0 aliphatic carbocycles. The van der Waals surface area contributed by atoms with E-state index in [1.54, 1.807) is 0 Å². The predicted octanol–water partition coefficient (Wildman–Crippen LogP) is 4.04. The van der Waals surface area contributed by atoms with Crippen molar-refractivity contribution < 1.29 is 13.9 Å². The van der Waals surface area contributed by atoms with Crippen LogP contribution >= 0.6 is 0 Å². The van der Waals surface area contributed by atoms with Crippen LogP contribution in [0.3, 0.4) is 0 Å². The van der Waals surface area contributed by atoms with Crippen molar-refractivity contribution in [2.45, 2.75) is 19.8 Å². The van der Waals surface area contributed by atoms with Crippen molar-refractivity contribution in [3.05, 3.63) is 54.6 Å². The smallest absolute Gasteiger partial charge is 0.260 e. The fourth-order valence-corrected chi connectivity index (χ4v) is 3.23. The topological polar surface area (TPSA) is 68.5 Å². The number of carbonyl (C=O) groups excluding carboxylic acids is 1. The van der Waals surface area contributed by atoms with Crippen LogP contribution in [0.2, 0.25) is 0 Å². The first kappa shape index (κ1) is 18.2. The highest BCUT2D eigenvalue weighted by Gasteiger charge is 2.20. The van der Waals surface area contributed by atoms with Crippen LogP contribution in [-0.2, 0) is 4.79 Å². The summed E-state index contributed by atoms with van der Waals surface area (Å²) in [5.41, 5.74) is 1.69. The van der Waals surface area contributed by atoms with E-state index < -0.39 is 0 Å². The van der Waals surface area contributed by atoms with Gasteiger partial charge >= 0.3 is 0 Å². The number of aromatic nitrogens is 2. The van der Waals surface area contributed by atoms with Crippen molar-refractivity contribution in [3.8, 4) is 28.7 Å². The van der Waals surface area contributed by atoms with Gasteiger partial charge in [0.15, 0.2) is 6.61 Å². The number of amides is 1. The maximum Gasteiger partial charge on any atom is 0.260 e. The van der Waals surface area contributed by atoms with Crippen LogP contribution in [0.25, 0.3) is 22.9 Å². The van der Waals surface area contributed by atoms with E-state index in [4.69, 9.17) is 9.15 Å². The maximum absolute atomic E-state index is 12.3. The summed E-state index contributed by atoms with van der Waals surface area (Å²) in [6.45, 7) is 3.94. The molecule has 0 unspecified atom stereocenters. The van der Waals surface area contributed by atoms with Gasteiger partial charge in [0, 0.05) is 24.2 Å². The summed E-state index contributed by atoms with van der Waals surface area (Å²) in [6.07, 6.45) is 2.13. The number of carbonyl (C=O) groups is 1. The second kappa shape index (κ2) is 8.25. The first-order valence-corrected chi connectivity index (χ1v) is 9.59. The van der Waals surface area contributed by atoms with E-state index in [9.17, 15) is 4.79 Å². The predicted molar refractivity (Wildman–Crippen MR) is 106 cm³/mol. The minimum absolute atomic E-state index is 0.0420. The minimum atomic E-state index is 0.0420. The normalized spacial score (nSPS) is 14.8. The van der Waals surface area contributed by atoms with Crippen molar-refractivity contribution in [3.63, 3.8) is 0 Å². The van der Waals surface area contributed by atoms with Gasteiger partial charge < -0.3 is 14.1 Å². The van der Waals surface area contributed by atoms with Gasteiger partial charge in [0.2, 0.25) is 11.8 Å². The molecule has 1 aliphatic heterocycles. The van der Waals surface area contributed by atoms with Crippen LogP contribution in [-0.4, -0.2) is 40.7 Å². The highest BCUT2D eigenvalue weighted by molar-refractivity contribution is 5.77. The SMILES string of the molecule is CC1CCN(C(=O)COc2ccc(-c3nnc(-c4ccccc4)o3)cc2)CC1. The summed E-state index contributed by atoms with van der Waals surface area (Å²) in [4.78, 5) is 14.2. The van der Waals surface area contributed by atoms with Crippen molar-refractivity contribution in [1.82, 2.24) is 15.1 Å². The summed E-state index contributed by atoms with van der Waals surface area (Å²) in [5, 5.41) is 8.22. The van der Waals surface area contributed by atoms with Gasteiger partial charge in [-0.2, -0.15) is 0 Å². The molecular formula is C22H23N3O3. The summed E-state index contributed by atoms with van der Waals surface area (Å²) >= 11 is 0. The van der Waals surface area contributed by atoms with Crippen LogP contribution in [0, 0.1) is 5.92 Å². The van der Waals surface area contributed by atoms with Crippen LogP contribution in [0.4, 0.5) is 0 Å². The number of benzene rings is 2. The Morgan fingerprint density at radius 1 is 1.00 bits per heavy atom. The van der Waals surface area contributed by atoms with Crippen molar-refractivity contribution in [2.75, 3.05) is 19.7 Å². The average Bonchev–Trinajstić information content (AvgIpc) is 3.24. The van der Waals surface area contributed by atoms with E-state index in [2.05, 4.69) is 17.1 Å². The van der Waals surface area contributed by atoms with E-state index in [1.165, 1.54) is 0 Å². The third-order valence-corrected chi connectivity index (χ3v) is 5.05. The fourth-order valence-electron chi connectivity index (χ4n) is 3.23. The molecule has 1 saturated heterocycles. The van der Waals surface area contributed by atoms with Gasteiger partial charge in [-0.25, -0.2) is 0 Å². The molecule has 28 heavy (non-hydrogen) atoms. The van der Waals surface area contributed by atoms with Gasteiger partial charge in [0.1, 0.15) is 5.75 Å². The molecule has 1 fully saturated rings. The number of ether oxygens (including phenoxy) is 1. The number of rotatable bonds is 5. The largest absolute Gasteiger partial charge is 0.484 e. The second-order valence-electron chi connectivity index (χ2n) is 7.15. The Kier molecular flexibility index (Phi) is 5.37. The lowest BCUT2D eigenvalue weighted by atomic mass is 9.99. The molecule has 6 heteroatoms. The van der Waals surface area contributed by atoms with E-state index in [-0.39, 0.29) is 12.5 Å². The number of piperidine rings is 1. The molecule has 2 heterocycles. The highest BCUT2D eigenvalue weighted by Crippen LogP contribution is 2.25. The Morgan fingerprint density at radius 3 is 2.25 bits per heavy atom. The second-order valence-corrected chi connectivity index (χ2v) is 7.15. The average molecular weight is 377 g/mol. The molecule has 1 amide bonds. The zero-order chi connectivity index (χ0) is 19.3. The Bertz CT molecular complexity index is 914. The van der Waals surface area contributed by atoms with E-state index in [1.807, 2.05) is 59.5 Å². The molecule has 0 bridgehead atoms. The zero-order valence-corrected chi connectivity index (χ0v) is 15.9. The first-order chi connectivity index (χ1) is 13.7. The molecule has 0 atom stereocenters. The van der Waals surface area contributed by atoms with Gasteiger partial charge in [-0.1, -0.05) is 25.1 Å². The van der Waals surface area contributed by atoms with Crippen LogP contribution in [0.1, 0.15) is 19.8 Å². The number of hydrogen-bond acceptors (Lipinski definition) is 5. The molecule has 0 saturated carbocycles. The van der Waals surface area contributed by atoms with Gasteiger partial charge in [-0.3, -0.25) is 4.79 Å². The van der Waals surface area contributed by atoms with Crippen molar-refractivity contribution >= 4 is 5.91 Å². The first-order valence-electron chi connectivity index (χ1n) is 9.59. The monoisotopic (exact) mass is 377 g/mol. The molecule has 4 rings (SSSR count). The van der Waals surface area contributed by atoms with Gasteiger partial charge in [-0.15, -0.1) is 10.2 Å². The van der Waals surface area contributed by atoms with Gasteiger partial charge in [-0.05, 0) is 55.2 Å². The molecule has 1 aromatic heterocycles. The summed E-state index contributed by atoms with van der Waals surface area (Å²) in [5.74, 6) is 2.32. The molecule has 0 N–H and O–H groups in total. The van der Waals surface area contributed by atoms with Gasteiger partial charge in [0.25, 0.3) is 5.91 Å². The standard InChI is InChI=1S/C22H23N3O3/c1-16-11-13-25(14-12-16)20(26)15-27-19-9-7-18(8-10-19)22-24-23-21(28-22)17-5-3-2-4-6-17/h2-10,16H,11-15H2,1H3. The molecule has 3 aromatic rings. The number of hydrogen-bond donors (Lipinski definition) is 0. The summed E-state index contributed by atoms with van der Waals surface area (Å²) in [6, 6.07) is 17.0. The summed E-state index contributed by atoms with van der Waals surface area (Å²) < 4.78 is 11.4. The van der Waals surface area contributed by atoms with E-state index in [0.717, 1.165) is 37.1 Å². The lowest BCUT2D eigenvalue weighted by molar-refractivity contribution is -0.134.